The summed E-state index contributed by atoms with van der Waals surface area (Å²) in [4.78, 5) is 26.4. The van der Waals surface area contributed by atoms with E-state index in [0.29, 0.717) is 23.8 Å². The van der Waals surface area contributed by atoms with Crippen LogP contribution >= 0.6 is 11.6 Å². The van der Waals surface area contributed by atoms with Gasteiger partial charge in [0.25, 0.3) is 0 Å². The fraction of sp³-hybridized carbons (Fsp3) is 0.292. The summed E-state index contributed by atoms with van der Waals surface area (Å²) in [6, 6.07) is 15.0. The summed E-state index contributed by atoms with van der Waals surface area (Å²) in [7, 11) is 0. The molecular formula is C24H27ClN4O2. The average Bonchev–Trinajstić information content (AvgIpc) is 3.01. The zero-order valence-corrected chi connectivity index (χ0v) is 19.0. The van der Waals surface area contributed by atoms with Crippen molar-refractivity contribution in [3.05, 3.63) is 76.1 Å². The summed E-state index contributed by atoms with van der Waals surface area (Å²) < 4.78 is 1.83. The van der Waals surface area contributed by atoms with Gasteiger partial charge in [-0.1, -0.05) is 29.8 Å². The van der Waals surface area contributed by atoms with E-state index < -0.39 is 0 Å². The lowest BCUT2D eigenvalue weighted by atomic mass is 10.1. The number of hydrogen-bond donors (Lipinski definition) is 1. The Bertz CT molecular complexity index is 1090. The smallest absolute Gasteiger partial charge is 0.228 e. The van der Waals surface area contributed by atoms with Crippen LogP contribution in [-0.4, -0.2) is 33.0 Å². The number of halogens is 1. The van der Waals surface area contributed by atoms with Crippen LogP contribution in [0.1, 0.15) is 36.4 Å². The van der Waals surface area contributed by atoms with Gasteiger partial charge in [-0.15, -0.1) is 0 Å². The minimum Gasteiger partial charge on any atom is -0.339 e. The molecule has 0 bridgehead atoms. The van der Waals surface area contributed by atoms with Crippen molar-refractivity contribution in [3.8, 4) is 5.69 Å². The number of amides is 2. The Morgan fingerprint density at radius 1 is 1.10 bits per heavy atom. The Labute approximate surface area is 187 Å². The highest BCUT2D eigenvalue weighted by atomic mass is 35.5. The van der Waals surface area contributed by atoms with E-state index in [4.69, 9.17) is 11.6 Å². The van der Waals surface area contributed by atoms with Crippen molar-refractivity contribution in [2.45, 2.75) is 40.7 Å². The highest BCUT2D eigenvalue weighted by Crippen LogP contribution is 2.22. The summed E-state index contributed by atoms with van der Waals surface area (Å²) in [5.74, 6) is -0.121. The third kappa shape index (κ3) is 5.33. The number of benzene rings is 2. The van der Waals surface area contributed by atoms with Gasteiger partial charge in [0.2, 0.25) is 11.8 Å². The zero-order valence-electron chi connectivity index (χ0n) is 18.3. The van der Waals surface area contributed by atoms with Gasteiger partial charge in [0.05, 0.1) is 17.8 Å². The largest absolute Gasteiger partial charge is 0.339 e. The molecule has 3 aromatic rings. The van der Waals surface area contributed by atoms with Gasteiger partial charge in [-0.3, -0.25) is 9.59 Å². The molecule has 7 heteroatoms. The maximum atomic E-state index is 12.9. The van der Waals surface area contributed by atoms with Crippen molar-refractivity contribution >= 4 is 29.1 Å². The van der Waals surface area contributed by atoms with Crippen LogP contribution in [0.5, 0.6) is 0 Å². The van der Waals surface area contributed by atoms with E-state index in [0.717, 1.165) is 28.2 Å². The van der Waals surface area contributed by atoms with Crippen LogP contribution in [0.25, 0.3) is 5.69 Å². The van der Waals surface area contributed by atoms with Gasteiger partial charge >= 0.3 is 0 Å². The minimum absolute atomic E-state index is 0.00416. The topological polar surface area (TPSA) is 67.2 Å². The molecule has 0 atom stereocenters. The fourth-order valence-corrected chi connectivity index (χ4v) is 3.68. The SMILES string of the molecule is CCN(Cc1ccccc1NC(=O)Cc1c(C)nn(-c2ccc(Cl)cc2)c1C)C(C)=O. The van der Waals surface area contributed by atoms with Crippen LogP contribution in [0.4, 0.5) is 5.69 Å². The second kappa shape index (κ2) is 9.79. The number of carbonyl (C=O) groups excluding carboxylic acids is 2. The number of rotatable bonds is 7. The molecule has 0 spiro atoms. The molecule has 1 heterocycles. The van der Waals surface area contributed by atoms with Crippen LogP contribution in [0, 0.1) is 13.8 Å². The molecule has 2 amide bonds. The van der Waals surface area contributed by atoms with Gasteiger partial charge in [-0.25, -0.2) is 4.68 Å². The van der Waals surface area contributed by atoms with Gasteiger partial charge < -0.3 is 10.2 Å². The lowest BCUT2D eigenvalue weighted by Gasteiger charge is -2.21. The number of hydrogen-bond acceptors (Lipinski definition) is 3. The number of aromatic nitrogens is 2. The summed E-state index contributed by atoms with van der Waals surface area (Å²) in [5.41, 5.74) is 5.13. The van der Waals surface area contributed by atoms with E-state index in [1.165, 1.54) is 0 Å². The highest BCUT2D eigenvalue weighted by Gasteiger charge is 2.17. The van der Waals surface area contributed by atoms with Crippen molar-refractivity contribution in [1.82, 2.24) is 14.7 Å². The minimum atomic E-state index is -0.125. The molecule has 0 aliphatic heterocycles. The maximum Gasteiger partial charge on any atom is 0.228 e. The quantitative estimate of drug-likeness (QED) is 0.581. The molecule has 0 aliphatic carbocycles. The summed E-state index contributed by atoms with van der Waals surface area (Å²) in [6.45, 7) is 8.41. The van der Waals surface area contributed by atoms with E-state index in [2.05, 4.69) is 10.4 Å². The highest BCUT2D eigenvalue weighted by molar-refractivity contribution is 6.30. The van der Waals surface area contributed by atoms with Crippen molar-refractivity contribution in [2.75, 3.05) is 11.9 Å². The number of anilines is 1. The third-order valence-corrected chi connectivity index (χ3v) is 5.58. The Kier molecular flexibility index (Phi) is 7.13. The molecule has 0 aliphatic rings. The van der Waals surface area contributed by atoms with Gasteiger partial charge in [0.15, 0.2) is 0 Å². The first kappa shape index (κ1) is 22.6. The zero-order chi connectivity index (χ0) is 22.5. The maximum absolute atomic E-state index is 12.9. The Hall–Kier alpha value is -3.12. The van der Waals surface area contributed by atoms with Crippen LogP contribution in [0.15, 0.2) is 48.5 Å². The lowest BCUT2D eigenvalue weighted by molar-refractivity contribution is -0.129. The summed E-state index contributed by atoms with van der Waals surface area (Å²) in [5, 5.41) is 8.28. The number of para-hydroxylation sites is 1. The van der Waals surface area contributed by atoms with E-state index in [9.17, 15) is 9.59 Å². The van der Waals surface area contributed by atoms with Crippen LogP contribution in [-0.2, 0) is 22.6 Å². The van der Waals surface area contributed by atoms with Crippen molar-refractivity contribution in [3.63, 3.8) is 0 Å². The molecular weight excluding hydrogens is 412 g/mol. The molecule has 31 heavy (non-hydrogen) atoms. The van der Waals surface area contributed by atoms with E-state index in [1.54, 1.807) is 11.8 Å². The van der Waals surface area contributed by atoms with E-state index in [-0.39, 0.29) is 18.2 Å². The first-order valence-electron chi connectivity index (χ1n) is 10.2. The molecule has 162 valence electrons. The second-order valence-electron chi connectivity index (χ2n) is 7.45. The second-order valence-corrected chi connectivity index (χ2v) is 7.89. The van der Waals surface area contributed by atoms with Gasteiger partial charge in [0, 0.05) is 42.0 Å². The molecule has 0 fully saturated rings. The van der Waals surface area contributed by atoms with Gasteiger partial charge in [-0.2, -0.15) is 5.10 Å². The van der Waals surface area contributed by atoms with Crippen LogP contribution < -0.4 is 5.32 Å². The molecule has 2 aromatic carbocycles. The molecule has 1 N–H and O–H groups in total. The predicted octanol–water partition coefficient (Wildman–Crippen LogP) is 4.69. The molecule has 0 radical (unpaired) electrons. The van der Waals surface area contributed by atoms with Gasteiger partial charge in [-0.05, 0) is 56.7 Å². The average molecular weight is 439 g/mol. The first-order valence-corrected chi connectivity index (χ1v) is 10.6. The van der Waals surface area contributed by atoms with Crippen molar-refractivity contribution < 1.29 is 9.59 Å². The molecule has 0 saturated carbocycles. The Morgan fingerprint density at radius 3 is 2.42 bits per heavy atom. The summed E-state index contributed by atoms with van der Waals surface area (Å²) >= 11 is 5.99. The predicted molar refractivity (Wildman–Crippen MR) is 124 cm³/mol. The van der Waals surface area contributed by atoms with Crippen molar-refractivity contribution in [1.29, 1.82) is 0 Å². The molecule has 1 aromatic heterocycles. The number of nitrogens with one attached hydrogen (secondary N) is 1. The standard InChI is InChI=1S/C24H27ClN4O2/c1-5-28(18(4)30)15-19-8-6-7-9-23(19)26-24(31)14-22-16(2)27-29(17(22)3)21-12-10-20(25)11-13-21/h6-13H,5,14-15H2,1-4H3,(H,26,31). The Morgan fingerprint density at radius 2 is 1.77 bits per heavy atom. The monoisotopic (exact) mass is 438 g/mol. The molecule has 0 unspecified atom stereocenters. The molecule has 6 nitrogen and oxygen atoms in total. The van der Waals surface area contributed by atoms with Crippen LogP contribution in [0.2, 0.25) is 5.02 Å². The fourth-order valence-electron chi connectivity index (χ4n) is 3.55. The van der Waals surface area contributed by atoms with Crippen molar-refractivity contribution in [2.24, 2.45) is 0 Å². The third-order valence-electron chi connectivity index (χ3n) is 5.33. The van der Waals surface area contributed by atoms with Gasteiger partial charge in [0.1, 0.15) is 0 Å². The molecule has 3 rings (SSSR count). The van der Waals surface area contributed by atoms with E-state index in [1.807, 2.05) is 74.0 Å². The summed E-state index contributed by atoms with van der Waals surface area (Å²) in [6.07, 6.45) is 0.212. The van der Waals surface area contributed by atoms with Crippen LogP contribution in [0.3, 0.4) is 0 Å². The number of nitrogens with zero attached hydrogens (tertiary/aromatic N) is 3. The normalized spacial score (nSPS) is 10.7. The molecule has 0 saturated heterocycles. The number of aryl methyl sites for hydroxylation is 1. The Balaban J connectivity index is 1.78. The first-order chi connectivity index (χ1) is 14.8. The number of carbonyl (C=O) groups is 2. The lowest BCUT2D eigenvalue weighted by Crippen LogP contribution is -2.28. The van der Waals surface area contributed by atoms with E-state index >= 15 is 0 Å².